The summed E-state index contributed by atoms with van der Waals surface area (Å²) in [5.74, 6) is 0.783. The van der Waals surface area contributed by atoms with Crippen molar-refractivity contribution in [1.29, 1.82) is 0 Å². The summed E-state index contributed by atoms with van der Waals surface area (Å²) in [5.41, 5.74) is 6.54. The van der Waals surface area contributed by atoms with Gasteiger partial charge in [0.2, 0.25) is 5.91 Å². The Morgan fingerprint density at radius 1 is 1.35 bits per heavy atom. The molecule has 0 bridgehead atoms. The minimum atomic E-state index is 0.216. The highest BCUT2D eigenvalue weighted by molar-refractivity contribution is 5.76. The van der Waals surface area contributed by atoms with E-state index >= 15 is 0 Å². The molecule has 0 saturated heterocycles. The lowest BCUT2D eigenvalue weighted by atomic mass is 9.96. The molecule has 0 aliphatic heterocycles. The Kier molecular flexibility index (Phi) is 7.88. The van der Waals surface area contributed by atoms with Crippen molar-refractivity contribution in [3.8, 4) is 0 Å². The van der Waals surface area contributed by atoms with Crippen LogP contribution in [0.2, 0.25) is 0 Å². The van der Waals surface area contributed by atoms with Gasteiger partial charge in [-0.25, -0.2) is 0 Å². The van der Waals surface area contributed by atoms with Crippen molar-refractivity contribution in [2.75, 3.05) is 13.1 Å². The number of carbonyl (C=O) groups is 1. The molecule has 1 heterocycles. The number of hydrogen-bond donors (Lipinski definition) is 1. The second kappa shape index (κ2) is 9.48. The maximum atomic E-state index is 12.3. The zero-order valence-electron chi connectivity index (χ0n) is 12.7. The van der Waals surface area contributed by atoms with E-state index in [0.717, 1.165) is 31.5 Å². The third kappa shape index (κ3) is 5.70. The molecule has 1 atom stereocenters. The number of nitrogens with two attached hydrogens (primary N) is 1. The van der Waals surface area contributed by atoms with Crippen LogP contribution in [0.1, 0.15) is 45.2 Å². The predicted molar refractivity (Wildman–Crippen MR) is 82.0 cm³/mol. The number of hydrogen-bond acceptors (Lipinski definition) is 3. The summed E-state index contributed by atoms with van der Waals surface area (Å²) in [6.45, 7) is 6.21. The number of amides is 1. The topological polar surface area (TPSA) is 59.2 Å². The monoisotopic (exact) mass is 277 g/mol. The van der Waals surface area contributed by atoms with Gasteiger partial charge in [-0.05, 0) is 44.4 Å². The third-order valence-electron chi connectivity index (χ3n) is 3.73. The van der Waals surface area contributed by atoms with E-state index in [2.05, 4.69) is 11.9 Å². The van der Waals surface area contributed by atoms with Crippen LogP contribution in [0.3, 0.4) is 0 Å². The van der Waals surface area contributed by atoms with Gasteiger partial charge in [0.1, 0.15) is 0 Å². The summed E-state index contributed by atoms with van der Waals surface area (Å²) in [7, 11) is 0. The summed E-state index contributed by atoms with van der Waals surface area (Å²) >= 11 is 0. The predicted octanol–water partition coefficient (Wildman–Crippen LogP) is 2.59. The summed E-state index contributed by atoms with van der Waals surface area (Å²) in [6.07, 6.45) is 5.42. The first-order valence-electron chi connectivity index (χ1n) is 7.58. The standard InChI is InChI=1S/C16H27N3O/c1-3-14(10-11-17)8-9-16(20)19(4-2)13-15-7-5-6-12-18-15/h5-7,12,14H,3-4,8-11,13,17H2,1-2H3. The van der Waals surface area contributed by atoms with Crippen molar-refractivity contribution in [2.24, 2.45) is 11.7 Å². The van der Waals surface area contributed by atoms with Crippen molar-refractivity contribution in [2.45, 2.75) is 46.1 Å². The molecule has 0 radical (unpaired) electrons. The van der Waals surface area contributed by atoms with E-state index in [1.807, 2.05) is 30.0 Å². The van der Waals surface area contributed by atoms with Crippen LogP contribution in [-0.4, -0.2) is 28.9 Å². The maximum Gasteiger partial charge on any atom is 0.222 e. The first kappa shape index (κ1) is 16.6. The molecule has 0 saturated carbocycles. The second-order valence-electron chi connectivity index (χ2n) is 5.12. The minimum Gasteiger partial charge on any atom is -0.337 e. The van der Waals surface area contributed by atoms with E-state index < -0.39 is 0 Å². The molecule has 4 heteroatoms. The molecule has 0 spiro atoms. The lowest BCUT2D eigenvalue weighted by molar-refractivity contribution is -0.132. The highest BCUT2D eigenvalue weighted by Gasteiger charge is 2.15. The number of rotatable bonds is 9. The number of aromatic nitrogens is 1. The molecule has 4 nitrogen and oxygen atoms in total. The van der Waals surface area contributed by atoms with Gasteiger partial charge in [-0.2, -0.15) is 0 Å². The molecule has 20 heavy (non-hydrogen) atoms. The van der Waals surface area contributed by atoms with Crippen LogP contribution in [0, 0.1) is 5.92 Å². The van der Waals surface area contributed by atoms with Crippen LogP contribution in [0.5, 0.6) is 0 Å². The normalized spacial score (nSPS) is 12.2. The molecule has 1 unspecified atom stereocenters. The highest BCUT2D eigenvalue weighted by atomic mass is 16.2. The molecular weight excluding hydrogens is 250 g/mol. The molecule has 1 aromatic rings. The number of pyridine rings is 1. The Labute approximate surface area is 122 Å². The van der Waals surface area contributed by atoms with Crippen molar-refractivity contribution < 1.29 is 4.79 Å². The van der Waals surface area contributed by atoms with Crippen LogP contribution in [0.25, 0.3) is 0 Å². The van der Waals surface area contributed by atoms with Gasteiger partial charge in [0.15, 0.2) is 0 Å². The Balaban J connectivity index is 2.46. The largest absolute Gasteiger partial charge is 0.337 e. The molecule has 1 rings (SSSR count). The van der Waals surface area contributed by atoms with Gasteiger partial charge in [0.05, 0.1) is 12.2 Å². The first-order chi connectivity index (χ1) is 9.71. The summed E-state index contributed by atoms with van der Waals surface area (Å²) in [6, 6.07) is 5.80. The molecule has 0 aliphatic rings. The lowest BCUT2D eigenvalue weighted by Crippen LogP contribution is -2.30. The van der Waals surface area contributed by atoms with E-state index in [0.29, 0.717) is 25.4 Å². The Bertz CT molecular complexity index is 381. The van der Waals surface area contributed by atoms with Gasteiger partial charge in [-0.1, -0.05) is 19.4 Å². The Hall–Kier alpha value is -1.42. The summed E-state index contributed by atoms with van der Waals surface area (Å²) < 4.78 is 0. The van der Waals surface area contributed by atoms with E-state index in [1.165, 1.54) is 0 Å². The van der Waals surface area contributed by atoms with E-state index in [-0.39, 0.29) is 5.91 Å². The fraction of sp³-hybridized carbons (Fsp3) is 0.625. The zero-order valence-corrected chi connectivity index (χ0v) is 12.7. The summed E-state index contributed by atoms with van der Waals surface area (Å²) in [5, 5.41) is 0. The fourth-order valence-electron chi connectivity index (χ4n) is 2.34. The lowest BCUT2D eigenvalue weighted by Gasteiger charge is -2.22. The van der Waals surface area contributed by atoms with Gasteiger partial charge in [0, 0.05) is 19.2 Å². The average Bonchev–Trinajstić information content (AvgIpc) is 2.49. The van der Waals surface area contributed by atoms with Crippen LogP contribution in [-0.2, 0) is 11.3 Å². The van der Waals surface area contributed by atoms with E-state index in [1.54, 1.807) is 6.20 Å². The molecule has 1 amide bonds. The molecule has 2 N–H and O–H groups in total. The second-order valence-corrected chi connectivity index (χ2v) is 5.12. The quantitative estimate of drug-likeness (QED) is 0.754. The molecule has 0 aromatic carbocycles. The SMILES string of the molecule is CCC(CCN)CCC(=O)N(CC)Cc1ccccn1. The average molecular weight is 277 g/mol. The highest BCUT2D eigenvalue weighted by Crippen LogP contribution is 2.16. The molecule has 1 aromatic heterocycles. The van der Waals surface area contributed by atoms with Gasteiger partial charge in [-0.3, -0.25) is 9.78 Å². The third-order valence-corrected chi connectivity index (χ3v) is 3.73. The van der Waals surface area contributed by atoms with Crippen LogP contribution in [0.15, 0.2) is 24.4 Å². The molecule has 0 fully saturated rings. The molecule has 0 aliphatic carbocycles. The molecule has 112 valence electrons. The van der Waals surface area contributed by atoms with Gasteiger partial charge in [-0.15, -0.1) is 0 Å². The van der Waals surface area contributed by atoms with Gasteiger partial charge in [0.25, 0.3) is 0 Å². The summed E-state index contributed by atoms with van der Waals surface area (Å²) in [4.78, 5) is 18.4. The van der Waals surface area contributed by atoms with Crippen molar-refractivity contribution in [3.05, 3.63) is 30.1 Å². The maximum absolute atomic E-state index is 12.3. The van der Waals surface area contributed by atoms with Crippen molar-refractivity contribution >= 4 is 5.91 Å². The molecular formula is C16H27N3O. The minimum absolute atomic E-state index is 0.216. The fourth-order valence-corrected chi connectivity index (χ4v) is 2.34. The van der Waals surface area contributed by atoms with Gasteiger partial charge >= 0.3 is 0 Å². The van der Waals surface area contributed by atoms with E-state index in [4.69, 9.17) is 5.73 Å². The zero-order chi connectivity index (χ0) is 14.8. The smallest absolute Gasteiger partial charge is 0.222 e. The Morgan fingerprint density at radius 3 is 2.70 bits per heavy atom. The number of carbonyl (C=O) groups excluding carboxylic acids is 1. The van der Waals surface area contributed by atoms with Crippen LogP contribution >= 0.6 is 0 Å². The number of nitrogens with zero attached hydrogens (tertiary/aromatic N) is 2. The van der Waals surface area contributed by atoms with Crippen LogP contribution in [0.4, 0.5) is 0 Å². The van der Waals surface area contributed by atoms with Gasteiger partial charge < -0.3 is 10.6 Å². The first-order valence-corrected chi connectivity index (χ1v) is 7.58. The van der Waals surface area contributed by atoms with Crippen molar-refractivity contribution in [1.82, 2.24) is 9.88 Å². The van der Waals surface area contributed by atoms with Crippen molar-refractivity contribution in [3.63, 3.8) is 0 Å². The van der Waals surface area contributed by atoms with Crippen LogP contribution < -0.4 is 5.73 Å². The van der Waals surface area contributed by atoms with E-state index in [9.17, 15) is 4.79 Å². The Morgan fingerprint density at radius 2 is 2.15 bits per heavy atom.